The topological polar surface area (TPSA) is 78.5 Å². The van der Waals surface area contributed by atoms with Gasteiger partial charge in [-0.25, -0.2) is 0 Å². The molecule has 1 fully saturated rings. The Morgan fingerprint density at radius 3 is 2.09 bits per heavy atom. The van der Waals surface area contributed by atoms with E-state index in [1.54, 1.807) is 6.08 Å². The predicted octanol–water partition coefficient (Wildman–Crippen LogP) is 7.68. The van der Waals surface area contributed by atoms with Crippen molar-refractivity contribution in [3.05, 3.63) is 65.5 Å². The van der Waals surface area contributed by atoms with Crippen molar-refractivity contribution >= 4 is 0 Å². The van der Waals surface area contributed by atoms with Gasteiger partial charge in [0.2, 0.25) is 0 Å². The third kappa shape index (κ3) is 10.5. The summed E-state index contributed by atoms with van der Waals surface area (Å²) >= 11 is 0. The lowest BCUT2D eigenvalue weighted by Gasteiger charge is -2.25. The summed E-state index contributed by atoms with van der Waals surface area (Å²) < 4.78 is 0. The van der Waals surface area contributed by atoms with Gasteiger partial charge in [-0.2, -0.15) is 0 Å². The molecule has 0 spiro atoms. The Morgan fingerprint density at radius 2 is 1.65 bits per heavy atom. The van der Waals surface area contributed by atoms with Crippen LogP contribution in [0.4, 0.5) is 0 Å². The fourth-order valence-electron chi connectivity index (χ4n) is 3.73. The van der Waals surface area contributed by atoms with E-state index in [9.17, 15) is 10.2 Å². The first-order valence-corrected chi connectivity index (χ1v) is 12.8. The van der Waals surface area contributed by atoms with E-state index >= 15 is 0 Å². The zero-order chi connectivity index (χ0) is 26.5. The van der Waals surface area contributed by atoms with Crippen LogP contribution in [0, 0.1) is 5.41 Å². The highest BCUT2D eigenvalue weighted by atomic mass is 16.3. The molecule has 0 radical (unpaired) electrons. The van der Waals surface area contributed by atoms with Gasteiger partial charge in [0.15, 0.2) is 0 Å². The summed E-state index contributed by atoms with van der Waals surface area (Å²) in [6.07, 6.45) is 8.17. The number of nitrogens with two attached hydrogens (primary N) is 1. The molecule has 1 aromatic rings. The van der Waals surface area contributed by atoms with Crippen molar-refractivity contribution in [3.63, 3.8) is 0 Å². The number of phenolic OH excluding ortho intramolecular Hbond substituents is 1. The molecule has 0 bridgehead atoms. The van der Waals surface area contributed by atoms with Crippen LogP contribution in [-0.2, 0) is 12.0 Å². The van der Waals surface area contributed by atoms with Gasteiger partial charge in [0.25, 0.3) is 0 Å². The molecule has 5 N–H and O–H groups in total. The van der Waals surface area contributed by atoms with Crippen LogP contribution in [0.1, 0.15) is 98.6 Å². The molecule has 194 valence electrons. The van der Waals surface area contributed by atoms with Gasteiger partial charge in [-0.1, -0.05) is 112 Å². The number of hydrogen-bond donors (Lipinski definition) is 4. The molecule has 1 aliphatic carbocycles. The molecule has 1 saturated carbocycles. The number of hydrogen-bond acceptors (Lipinski definition) is 4. The first-order chi connectivity index (χ1) is 15.8. The minimum atomic E-state index is -0.145. The Bertz CT molecular complexity index is 789. The number of rotatable bonds is 6. The molecule has 0 amide bonds. The van der Waals surface area contributed by atoms with Crippen LogP contribution >= 0.6 is 0 Å². The van der Waals surface area contributed by atoms with Crippen LogP contribution in [0.5, 0.6) is 5.75 Å². The zero-order valence-electron chi connectivity index (χ0n) is 23.2. The SMILES string of the molecule is C=C/C(CN)=C(/O)C(=C)C(C)(C)C.CC.CC(C)(C)c1cccc(CNC2CCCCC2)c1O. The van der Waals surface area contributed by atoms with Crippen molar-refractivity contribution < 1.29 is 10.2 Å². The van der Waals surface area contributed by atoms with Gasteiger partial charge in [-0.15, -0.1) is 0 Å². The molecule has 0 aromatic heterocycles. The number of nitrogens with one attached hydrogen (secondary N) is 1. The maximum atomic E-state index is 10.4. The predicted molar refractivity (Wildman–Crippen MR) is 149 cm³/mol. The summed E-state index contributed by atoms with van der Waals surface area (Å²) in [5, 5.41) is 23.8. The quantitative estimate of drug-likeness (QED) is 0.253. The summed E-state index contributed by atoms with van der Waals surface area (Å²) in [5.41, 5.74) is 8.67. The van der Waals surface area contributed by atoms with E-state index in [4.69, 9.17) is 5.73 Å². The Kier molecular flexibility index (Phi) is 14.2. The van der Waals surface area contributed by atoms with E-state index < -0.39 is 0 Å². The standard InChI is InChI=1S/C17H27NO.C11H19NO.C2H6/c1-17(2,3)15-11-7-8-13(16(15)19)12-18-14-9-5-4-6-10-14;1-6-9(7-12)10(13)8(2)11(3,4)5;1-2/h7-8,11,14,18-19H,4-6,9-10,12H2,1-3H3;6,13H,1-2,7,12H2,3-5H3;1-2H3/b;10-9-;. The molecular formula is C30H52N2O2. The molecule has 0 saturated heterocycles. The maximum Gasteiger partial charge on any atom is 0.123 e. The van der Waals surface area contributed by atoms with E-state index in [1.807, 2.05) is 46.8 Å². The Labute approximate surface area is 210 Å². The van der Waals surface area contributed by atoms with Crippen LogP contribution < -0.4 is 11.1 Å². The lowest BCUT2D eigenvalue weighted by Crippen LogP contribution is -2.30. The Hall–Kier alpha value is -2.04. The largest absolute Gasteiger partial charge is 0.507 e. The highest BCUT2D eigenvalue weighted by Crippen LogP contribution is 2.33. The molecule has 1 aliphatic rings. The van der Waals surface area contributed by atoms with Crippen molar-refractivity contribution in [3.8, 4) is 5.75 Å². The molecule has 2 rings (SSSR count). The lowest BCUT2D eigenvalue weighted by molar-refractivity contribution is 0.367. The van der Waals surface area contributed by atoms with E-state index in [1.165, 1.54) is 32.1 Å². The first kappa shape index (κ1) is 32.0. The highest BCUT2D eigenvalue weighted by Gasteiger charge is 2.21. The Morgan fingerprint density at radius 1 is 1.09 bits per heavy atom. The minimum Gasteiger partial charge on any atom is -0.507 e. The van der Waals surface area contributed by atoms with Gasteiger partial charge in [0.05, 0.1) is 0 Å². The first-order valence-electron chi connectivity index (χ1n) is 12.8. The van der Waals surface area contributed by atoms with E-state index in [0.29, 0.717) is 22.9 Å². The third-order valence-electron chi connectivity index (χ3n) is 6.08. The minimum absolute atomic E-state index is 0.00900. The number of para-hydroxylation sites is 1. The van der Waals surface area contributed by atoms with Gasteiger partial charge < -0.3 is 21.3 Å². The monoisotopic (exact) mass is 472 g/mol. The van der Waals surface area contributed by atoms with Crippen LogP contribution in [0.3, 0.4) is 0 Å². The molecule has 0 aliphatic heterocycles. The smallest absolute Gasteiger partial charge is 0.123 e. The van der Waals surface area contributed by atoms with Gasteiger partial charge in [-0.05, 0) is 34.8 Å². The molecule has 0 atom stereocenters. The van der Waals surface area contributed by atoms with E-state index in [2.05, 4.69) is 45.3 Å². The number of aliphatic hydroxyl groups is 1. The van der Waals surface area contributed by atoms with Crippen LogP contribution in [0.25, 0.3) is 0 Å². The summed E-state index contributed by atoms with van der Waals surface area (Å²) in [5.74, 6) is 0.642. The summed E-state index contributed by atoms with van der Waals surface area (Å²) in [7, 11) is 0. The van der Waals surface area contributed by atoms with Gasteiger partial charge >= 0.3 is 0 Å². The Balaban J connectivity index is 0.000000639. The van der Waals surface area contributed by atoms with Crippen molar-refractivity contribution in [2.75, 3.05) is 6.54 Å². The fraction of sp³-hybridized carbons (Fsp3) is 0.600. The molecule has 34 heavy (non-hydrogen) atoms. The second-order valence-electron chi connectivity index (χ2n) is 10.8. The van der Waals surface area contributed by atoms with Crippen LogP contribution in [0.15, 0.2) is 54.3 Å². The molecule has 4 nitrogen and oxygen atoms in total. The summed E-state index contributed by atoms with van der Waals surface area (Å²) in [6, 6.07) is 6.74. The number of aromatic hydroxyl groups is 1. The van der Waals surface area contributed by atoms with Crippen LogP contribution in [0.2, 0.25) is 0 Å². The lowest BCUT2D eigenvalue weighted by atomic mass is 9.85. The average molecular weight is 473 g/mol. The second kappa shape index (κ2) is 15.1. The van der Waals surface area contributed by atoms with E-state index in [0.717, 1.165) is 17.7 Å². The van der Waals surface area contributed by atoms with E-state index in [-0.39, 0.29) is 23.1 Å². The van der Waals surface area contributed by atoms with Gasteiger partial charge in [0, 0.05) is 30.3 Å². The molecule has 0 heterocycles. The average Bonchev–Trinajstić information content (AvgIpc) is 2.79. The maximum absolute atomic E-state index is 10.4. The molecule has 1 aromatic carbocycles. The second-order valence-corrected chi connectivity index (χ2v) is 10.8. The van der Waals surface area contributed by atoms with Crippen molar-refractivity contribution in [1.82, 2.24) is 5.32 Å². The van der Waals surface area contributed by atoms with Crippen molar-refractivity contribution in [2.24, 2.45) is 11.1 Å². The molecule has 0 unspecified atom stereocenters. The summed E-state index contributed by atoms with van der Waals surface area (Å²) in [4.78, 5) is 0. The zero-order valence-corrected chi connectivity index (χ0v) is 23.2. The number of aliphatic hydroxyl groups excluding tert-OH is 1. The third-order valence-corrected chi connectivity index (χ3v) is 6.08. The molecular weight excluding hydrogens is 420 g/mol. The van der Waals surface area contributed by atoms with Gasteiger partial charge in [-0.3, -0.25) is 0 Å². The number of benzene rings is 1. The fourth-order valence-corrected chi connectivity index (χ4v) is 3.73. The number of phenols is 1. The van der Waals surface area contributed by atoms with Crippen molar-refractivity contribution in [2.45, 2.75) is 105 Å². The van der Waals surface area contributed by atoms with Gasteiger partial charge in [0.1, 0.15) is 11.5 Å². The molecule has 4 heteroatoms. The van der Waals surface area contributed by atoms with Crippen molar-refractivity contribution in [1.29, 1.82) is 0 Å². The normalized spacial score (nSPS) is 15.2. The van der Waals surface area contributed by atoms with Crippen LogP contribution in [-0.4, -0.2) is 22.8 Å². The number of allylic oxidation sites excluding steroid dienone is 1. The highest BCUT2D eigenvalue weighted by molar-refractivity contribution is 5.44. The summed E-state index contributed by atoms with van der Waals surface area (Å²) in [6.45, 7) is 24.9.